The first-order valence-corrected chi connectivity index (χ1v) is 9.07. The zero-order chi connectivity index (χ0) is 18.1. The van der Waals surface area contributed by atoms with Crippen molar-refractivity contribution in [3.63, 3.8) is 0 Å². The normalized spacial score (nSPS) is 16.9. The Hall–Kier alpha value is -1.08. The lowest BCUT2D eigenvalue weighted by Gasteiger charge is -2.22. The molecule has 1 saturated heterocycles. The molecule has 2 amide bonds. The maximum atomic E-state index is 12.5. The molecule has 0 atom stereocenters. The lowest BCUT2D eigenvalue weighted by molar-refractivity contribution is -0.129. The van der Waals surface area contributed by atoms with Crippen molar-refractivity contribution in [2.75, 3.05) is 6.54 Å². The Morgan fingerprint density at radius 3 is 2.46 bits per heavy atom. The minimum atomic E-state index is -0.377. The van der Waals surface area contributed by atoms with E-state index >= 15 is 0 Å². The Labute approximate surface area is 160 Å². The van der Waals surface area contributed by atoms with Gasteiger partial charge in [-0.05, 0) is 39.0 Å². The third-order valence-electron chi connectivity index (χ3n) is 2.96. The highest BCUT2D eigenvalue weighted by molar-refractivity contribution is 8.26. The maximum Gasteiger partial charge on any atom is 0.266 e. The molecule has 24 heavy (non-hydrogen) atoms. The first-order valence-electron chi connectivity index (χ1n) is 7.09. The molecule has 1 aromatic rings. The van der Waals surface area contributed by atoms with Crippen LogP contribution in [0, 0.1) is 0 Å². The average molecular weight is 403 g/mol. The molecule has 1 aliphatic rings. The summed E-state index contributed by atoms with van der Waals surface area (Å²) in [5, 5.41) is 3.69. The molecular weight excluding hydrogens is 387 g/mol. The van der Waals surface area contributed by atoms with Crippen LogP contribution in [0.4, 0.5) is 0 Å². The third-order valence-corrected chi connectivity index (χ3v) is 5.00. The SMILES string of the molecule is CC(C)(C)NC(=O)CN1C(=O)/C(=C/c2c(Cl)cccc2Cl)SC1=S. The van der Waals surface area contributed by atoms with Crippen molar-refractivity contribution in [1.29, 1.82) is 0 Å². The summed E-state index contributed by atoms with van der Waals surface area (Å²) in [7, 11) is 0. The molecule has 8 heteroatoms. The minimum Gasteiger partial charge on any atom is -0.350 e. The first-order chi connectivity index (χ1) is 11.1. The molecule has 1 aliphatic heterocycles. The Morgan fingerprint density at radius 1 is 1.33 bits per heavy atom. The number of thiocarbonyl (C=S) groups is 1. The van der Waals surface area contributed by atoms with E-state index in [1.54, 1.807) is 24.3 Å². The lowest BCUT2D eigenvalue weighted by atomic mass is 10.1. The number of carbonyl (C=O) groups is 2. The van der Waals surface area contributed by atoms with Gasteiger partial charge < -0.3 is 5.32 Å². The van der Waals surface area contributed by atoms with Crippen molar-refractivity contribution in [1.82, 2.24) is 10.2 Å². The minimum absolute atomic E-state index is 0.116. The molecule has 1 N–H and O–H groups in total. The van der Waals surface area contributed by atoms with E-state index in [0.29, 0.717) is 24.8 Å². The van der Waals surface area contributed by atoms with Crippen LogP contribution in [0.5, 0.6) is 0 Å². The van der Waals surface area contributed by atoms with Gasteiger partial charge in [0.05, 0.1) is 4.91 Å². The fraction of sp³-hybridized carbons (Fsp3) is 0.312. The fourth-order valence-corrected chi connectivity index (χ4v) is 3.76. The molecule has 4 nitrogen and oxygen atoms in total. The van der Waals surface area contributed by atoms with Gasteiger partial charge in [-0.15, -0.1) is 0 Å². The van der Waals surface area contributed by atoms with Crippen LogP contribution in [0.25, 0.3) is 6.08 Å². The molecule has 1 fully saturated rings. The standard InChI is InChI=1S/C16H16Cl2N2O2S2/c1-16(2,3)19-13(21)8-20-14(22)12(24-15(20)23)7-9-10(17)5-4-6-11(9)18/h4-7H,8H2,1-3H3,(H,19,21)/b12-7-. The highest BCUT2D eigenvalue weighted by Gasteiger charge is 2.34. The molecule has 0 aromatic heterocycles. The molecule has 0 aliphatic carbocycles. The van der Waals surface area contributed by atoms with Crippen LogP contribution >= 0.6 is 47.2 Å². The molecule has 2 rings (SSSR count). The van der Waals surface area contributed by atoms with Crippen LogP contribution in [0.1, 0.15) is 26.3 Å². The van der Waals surface area contributed by atoms with Crippen molar-refractivity contribution >= 4 is 69.4 Å². The zero-order valence-electron chi connectivity index (χ0n) is 13.4. The van der Waals surface area contributed by atoms with Gasteiger partial charge in [0.1, 0.15) is 10.9 Å². The van der Waals surface area contributed by atoms with Gasteiger partial charge in [0.2, 0.25) is 5.91 Å². The number of hydrogen-bond acceptors (Lipinski definition) is 4. The molecule has 1 aromatic carbocycles. The monoisotopic (exact) mass is 402 g/mol. The number of benzene rings is 1. The maximum absolute atomic E-state index is 12.5. The van der Waals surface area contributed by atoms with Gasteiger partial charge in [-0.25, -0.2) is 0 Å². The van der Waals surface area contributed by atoms with E-state index in [1.165, 1.54) is 4.90 Å². The second-order valence-electron chi connectivity index (χ2n) is 6.20. The number of carbonyl (C=O) groups excluding carboxylic acids is 2. The van der Waals surface area contributed by atoms with E-state index in [9.17, 15) is 9.59 Å². The van der Waals surface area contributed by atoms with E-state index in [4.69, 9.17) is 35.4 Å². The molecule has 1 heterocycles. The van der Waals surface area contributed by atoms with Gasteiger partial charge in [0.15, 0.2) is 0 Å². The topological polar surface area (TPSA) is 49.4 Å². The summed E-state index contributed by atoms with van der Waals surface area (Å²) in [6.07, 6.45) is 1.60. The second-order valence-corrected chi connectivity index (χ2v) is 8.69. The summed E-state index contributed by atoms with van der Waals surface area (Å²) >= 11 is 18.6. The highest BCUT2D eigenvalue weighted by atomic mass is 35.5. The van der Waals surface area contributed by atoms with E-state index < -0.39 is 0 Å². The smallest absolute Gasteiger partial charge is 0.266 e. The third kappa shape index (κ3) is 4.72. The number of hydrogen-bond donors (Lipinski definition) is 1. The summed E-state index contributed by atoms with van der Waals surface area (Å²) in [5.41, 5.74) is 0.179. The Morgan fingerprint density at radius 2 is 1.92 bits per heavy atom. The average Bonchev–Trinajstić information content (AvgIpc) is 2.69. The number of nitrogens with one attached hydrogen (secondary N) is 1. The summed E-state index contributed by atoms with van der Waals surface area (Å²) in [4.78, 5) is 26.2. The summed E-state index contributed by atoms with van der Waals surface area (Å²) in [5.74, 6) is -0.596. The number of nitrogens with zero attached hydrogens (tertiary/aromatic N) is 1. The van der Waals surface area contributed by atoms with Crippen LogP contribution in [0.3, 0.4) is 0 Å². The molecule has 0 spiro atoms. The van der Waals surface area contributed by atoms with Crippen molar-refractivity contribution < 1.29 is 9.59 Å². The Kier molecular flexibility index (Phi) is 5.96. The Balaban J connectivity index is 2.20. The largest absolute Gasteiger partial charge is 0.350 e. The van der Waals surface area contributed by atoms with Gasteiger partial charge in [-0.3, -0.25) is 14.5 Å². The van der Waals surface area contributed by atoms with Crippen LogP contribution in [0.2, 0.25) is 10.0 Å². The van der Waals surface area contributed by atoms with Gasteiger partial charge >= 0.3 is 0 Å². The van der Waals surface area contributed by atoms with E-state index in [1.807, 2.05) is 20.8 Å². The Bertz CT molecular complexity index is 722. The molecule has 0 saturated carbocycles. The first kappa shape index (κ1) is 19.2. The molecule has 0 unspecified atom stereocenters. The lowest BCUT2D eigenvalue weighted by Crippen LogP contribution is -2.46. The van der Waals surface area contributed by atoms with Crippen LogP contribution < -0.4 is 5.32 Å². The summed E-state index contributed by atoms with van der Waals surface area (Å²) in [6, 6.07) is 5.11. The quantitative estimate of drug-likeness (QED) is 0.610. The fourth-order valence-electron chi connectivity index (χ4n) is 2.02. The molecule has 128 valence electrons. The van der Waals surface area contributed by atoms with Crippen LogP contribution in [-0.2, 0) is 9.59 Å². The molecule has 0 radical (unpaired) electrons. The van der Waals surface area contributed by atoms with Crippen molar-refractivity contribution in [2.45, 2.75) is 26.3 Å². The predicted molar refractivity (Wildman–Crippen MR) is 104 cm³/mol. The van der Waals surface area contributed by atoms with Crippen LogP contribution in [-0.4, -0.2) is 33.1 Å². The van der Waals surface area contributed by atoms with Crippen molar-refractivity contribution in [2.24, 2.45) is 0 Å². The van der Waals surface area contributed by atoms with Crippen LogP contribution in [0.15, 0.2) is 23.1 Å². The highest BCUT2D eigenvalue weighted by Crippen LogP contribution is 2.35. The van der Waals surface area contributed by atoms with Gasteiger partial charge in [0.25, 0.3) is 5.91 Å². The second kappa shape index (κ2) is 7.44. The van der Waals surface area contributed by atoms with E-state index in [0.717, 1.165) is 11.8 Å². The van der Waals surface area contributed by atoms with E-state index in [2.05, 4.69) is 5.32 Å². The molecular formula is C16H16Cl2N2O2S2. The zero-order valence-corrected chi connectivity index (χ0v) is 16.5. The molecule has 0 bridgehead atoms. The predicted octanol–water partition coefficient (Wildman–Crippen LogP) is 4.11. The van der Waals surface area contributed by atoms with Gasteiger partial charge in [-0.2, -0.15) is 0 Å². The van der Waals surface area contributed by atoms with Crippen molar-refractivity contribution in [3.8, 4) is 0 Å². The number of rotatable bonds is 3. The number of amides is 2. The van der Waals surface area contributed by atoms with E-state index in [-0.39, 0.29) is 23.9 Å². The number of thioether (sulfide) groups is 1. The summed E-state index contributed by atoms with van der Waals surface area (Å²) in [6.45, 7) is 5.49. The van der Waals surface area contributed by atoms with Gasteiger partial charge in [0, 0.05) is 21.1 Å². The summed E-state index contributed by atoms with van der Waals surface area (Å²) < 4.78 is 0.332. The van der Waals surface area contributed by atoms with Gasteiger partial charge in [-0.1, -0.05) is 53.2 Å². The van der Waals surface area contributed by atoms with Crippen molar-refractivity contribution in [3.05, 3.63) is 38.7 Å². The number of halogens is 2.